The summed E-state index contributed by atoms with van der Waals surface area (Å²) in [4.78, 5) is 15.4. The molecule has 0 aromatic heterocycles. The van der Waals surface area contributed by atoms with Gasteiger partial charge in [0.25, 0.3) is 5.69 Å². The monoisotopic (exact) mass is 263 g/mol. The van der Waals surface area contributed by atoms with Crippen LogP contribution in [0.25, 0.3) is 0 Å². The van der Waals surface area contributed by atoms with Gasteiger partial charge >= 0.3 is 0 Å². The van der Waals surface area contributed by atoms with E-state index in [-0.39, 0.29) is 10.6 Å². The van der Waals surface area contributed by atoms with Crippen LogP contribution in [-0.2, 0) is 0 Å². The molecule has 5 heteroatoms. The molecule has 0 aliphatic carbocycles. The average molecular weight is 263 g/mol. The van der Waals surface area contributed by atoms with Gasteiger partial charge in [-0.3, -0.25) is 15.0 Å². The molecule has 1 aromatic rings. The summed E-state index contributed by atoms with van der Waals surface area (Å²) in [6, 6.07) is 5.48. The molecule has 0 amide bonds. The number of aryl methyl sites for hydroxylation is 1. The van der Waals surface area contributed by atoms with Gasteiger partial charge in [0.1, 0.15) is 5.69 Å². The molecular weight excluding hydrogens is 242 g/mol. The lowest BCUT2D eigenvalue weighted by atomic mass is 10.1. The molecular formula is C14H21N3O2. The van der Waals surface area contributed by atoms with Gasteiger partial charge in [0.15, 0.2) is 0 Å². The lowest BCUT2D eigenvalue weighted by Crippen LogP contribution is -2.46. The van der Waals surface area contributed by atoms with Gasteiger partial charge in [0.2, 0.25) is 0 Å². The van der Waals surface area contributed by atoms with Crippen LogP contribution >= 0.6 is 0 Å². The summed E-state index contributed by atoms with van der Waals surface area (Å²) in [6.07, 6.45) is 1.16. The number of anilines is 1. The Labute approximate surface area is 114 Å². The van der Waals surface area contributed by atoms with Crippen molar-refractivity contribution in [2.75, 3.05) is 37.6 Å². The van der Waals surface area contributed by atoms with Gasteiger partial charge in [-0.25, -0.2) is 0 Å². The number of hydrogen-bond donors (Lipinski definition) is 0. The van der Waals surface area contributed by atoms with E-state index in [0.29, 0.717) is 0 Å². The van der Waals surface area contributed by atoms with Crippen LogP contribution in [0.5, 0.6) is 0 Å². The van der Waals surface area contributed by atoms with E-state index in [1.807, 2.05) is 19.1 Å². The van der Waals surface area contributed by atoms with Crippen molar-refractivity contribution in [3.63, 3.8) is 0 Å². The van der Waals surface area contributed by atoms with Crippen molar-refractivity contribution < 1.29 is 4.92 Å². The van der Waals surface area contributed by atoms with E-state index in [0.717, 1.165) is 50.4 Å². The first-order chi connectivity index (χ1) is 9.11. The summed E-state index contributed by atoms with van der Waals surface area (Å²) < 4.78 is 0. The van der Waals surface area contributed by atoms with Gasteiger partial charge in [-0.05, 0) is 31.5 Å². The van der Waals surface area contributed by atoms with Gasteiger partial charge in [0, 0.05) is 32.2 Å². The molecule has 1 aromatic carbocycles. The maximum atomic E-state index is 11.2. The Balaban J connectivity index is 2.13. The molecule has 1 aliphatic rings. The smallest absolute Gasteiger partial charge is 0.292 e. The zero-order valence-electron chi connectivity index (χ0n) is 11.6. The summed E-state index contributed by atoms with van der Waals surface area (Å²) in [5.74, 6) is 0. The van der Waals surface area contributed by atoms with Crippen molar-refractivity contribution in [2.24, 2.45) is 0 Å². The molecule has 1 heterocycles. The summed E-state index contributed by atoms with van der Waals surface area (Å²) in [5, 5.41) is 11.2. The number of rotatable bonds is 4. The SMILES string of the molecule is CCCN1CCN(c2ccc(C)cc2[N+](=O)[O-])CC1. The first-order valence-corrected chi connectivity index (χ1v) is 6.84. The number of benzene rings is 1. The van der Waals surface area contributed by atoms with Crippen LogP contribution in [0.2, 0.25) is 0 Å². The van der Waals surface area contributed by atoms with Crippen LogP contribution in [0.15, 0.2) is 18.2 Å². The molecule has 0 N–H and O–H groups in total. The standard InChI is InChI=1S/C14H21N3O2/c1-3-6-15-7-9-16(10-8-15)13-5-4-12(2)11-14(13)17(18)19/h4-5,11H,3,6-10H2,1-2H3. The average Bonchev–Trinajstić information content (AvgIpc) is 2.40. The van der Waals surface area contributed by atoms with Crippen molar-refractivity contribution >= 4 is 11.4 Å². The maximum Gasteiger partial charge on any atom is 0.292 e. The molecule has 0 radical (unpaired) electrons. The predicted octanol–water partition coefficient (Wildman–Crippen LogP) is 2.44. The van der Waals surface area contributed by atoms with Crippen molar-refractivity contribution in [1.82, 2.24) is 4.90 Å². The van der Waals surface area contributed by atoms with Gasteiger partial charge in [-0.1, -0.05) is 13.0 Å². The minimum Gasteiger partial charge on any atom is -0.363 e. The molecule has 0 bridgehead atoms. The van der Waals surface area contributed by atoms with E-state index in [1.165, 1.54) is 0 Å². The Hall–Kier alpha value is -1.62. The van der Waals surface area contributed by atoms with Gasteiger partial charge in [0.05, 0.1) is 4.92 Å². The molecule has 19 heavy (non-hydrogen) atoms. The normalized spacial score (nSPS) is 16.6. The number of piperazine rings is 1. The number of nitrogens with zero attached hydrogens (tertiary/aromatic N) is 3. The second-order valence-corrected chi connectivity index (χ2v) is 5.08. The van der Waals surface area contributed by atoms with E-state index in [4.69, 9.17) is 0 Å². The van der Waals surface area contributed by atoms with Crippen LogP contribution in [0.1, 0.15) is 18.9 Å². The van der Waals surface area contributed by atoms with Crippen molar-refractivity contribution in [1.29, 1.82) is 0 Å². The zero-order chi connectivity index (χ0) is 13.8. The van der Waals surface area contributed by atoms with E-state index < -0.39 is 0 Å². The third kappa shape index (κ3) is 3.23. The topological polar surface area (TPSA) is 49.6 Å². The third-order valence-electron chi connectivity index (χ3n) is 3.58. The van der Waals surface area contributed by atoms with E-state index >= 15 is 0 Å². The molecule has 104 valence electrons. The molecule has 0 saturated carbocycles. The quantitative estimate of drug-likeness (QED) is 0.618. The largest absolute Gasteiger partial charge is 0.363 e. The zero-order valence-corrected chi connectivity index (χ0v) is 11.6. The van der Waals surface area contributed by atoms with Crippen LogP contribution in [-0.4, -0.2) is 42.5 Å². The Morgan fingerprint density at radius 2 is 1.95 bits per heavy atom. The predicted molar refractivity (Wildman–Crippen MR) is 76.8 cm³/mol. The first kappa shape index (κ1) is 13.8. The summed E-state index contributed by atoms with van der Waals surface area (Å²) in [5.41, 5.74) is 1.91. The fourth-order valence-electron chi connectivity index (χ4n) is 2.58. The molecule has 5 nitrogen and oxygen atoms in total. The molecule has 0 unspecified atom stereocenters. The number of nitro groups is 1. The highest BCUT2D eigenvalue weighted by Crippen LogP contribution is 2.29. The first-order valence-electron chi connectivity index (χ1n) is 6.84. The highest BCUT2D eigenvalue weighted by atomic mass is 16.6. The molecule has 1 fully saturated rings. The minimum absolute atomic E-state index is 0.226. The van der Waals surface area contributed by atoms with Crippen molar-refractivity contribution in [2.45, 2.75) is 20.3 Å². The van der Waals surface area contributed by atoms with Gasteiger partial charge < -0.3 is 4.90 Å². The number of hydrogen-bond acceptors (Lipinski definition) is 4. The molecule has 0 spiro atoms. The molecule has 1 saturated heterocycles. The summed E-state index contributed by atoms with van der Waals surface area (Å²) in [6.45, 7) is 8.88. The van der Waals surface area contributed by atoms with Gasteiger partial charge in [-0.2, -0.15) is 0 Å². The fourth-order valence-corrected chi connectivity index (χ4v) is 2.58. The summed E-state index contributed by atoms with van der Waals surface area (Å²) in [7, 11) is 0. The fraction of sp³-hybridized carbons (Fsp3) is 0.571. The van der Waals surface area contributed by atoms with Gasteiger partial charge in [-0.15, -0.1) is 0 Å². The van der Waals surface area contributed by atoms with Crippen LogP contribution in [0.3, 0.4) is 0 Å². The van der Waals surface area contributed by atoms with E-state index in [1.54, 1.807) is 6.07 Å². The lowest BCUT2D eigenvalue weighted by Gasteiger charge is -2.35. The Kier molecular flexibility index (Phi) is 4.37. The van der Waals surface area contributed by atoms with Crippen molar-refractivity contribution in [3.05, 3.63) is 33.9 Å². The molecule has 1 aliphatic heterocycles. The number of nitro benzene ring substituents is 1. The molecule has 2 rings (SSSR count). The highest BCUT2D eigenvalue weighted by Gasteiger charge is 2.23. The second-order valence-electron chi connectivity index (χ2n) is 5.08. The second kappa shape index (κ2) is 6.02. The van der Waals surface area contributed by atoms with Crippen LogP contribution in [0.4, 0.5) is 11.4 Å². The Morgan fingerprint density at radius 3 is 2.53 bits per heavy atom. The summed E-state index contributed by atoms with van der Waals surface area (Å²) >= 11 is 0. The van der Waals surface area contributed by atoms with E-state index in [2.05, 4.69) is 16.7 Å². The Morgan fingerprint density at radius 1 is 1.26 bits per heavy atom. The maximum absolute atomic E-state index is 11.2. The van der Waals surface area contributed by atoms with E-state index in [9.17, 15) is 10.1 Å². The van der Waals surface area contributed by atoms with Crippen LogP contribution in [0, 0.1) is 17.0 Å². The van der Waals surface area contributed by atoms with Crippen LogP contribution < -0.4 is 4.90 Å². The minimum atomic E-state index is -0.277. The highest BCUT2D eigenvalue weighted by molar-refractivity contribution is 5.64. The third-order valence-corrected chi connectivity index (χ3v) is 3.58. The van der Waals surface area contributed by atoms with Crippen molar-refractivity contribution in [3.8, 4) is 0 Å². The molecule has 0 atom stereocenters. The Bertz CT molecular complexity index is 454. The lowest BCUT2D eigenvalue weighted by molar-refractivity contribution is -0.384.